The van der Waals surface area contributed by atoms with E-state index < -0.39 is 18.4 Å². The van der Waals surface area contributed by atoms with Crippen LogP contribution in [0.3, 0.4) is 0 Å². The molecular formula is C19H19ClN2O5. The van der Waals surface area contributed by atoms with Gasteiger partial charge in [0, 0.05) is 35.8 Å². The number of amides is 1. The van der Waals surface area contributed by atoms with E-state index >= 15 is 0 Å². The Kier molecular flexibility index (Phi) is 6.26. The van der Waals surface area contributed by atoms with Gasteiger partial charge in [-0.25, -0.2) is 4.98 Å². The van der Waals surface area contributed by atoms with Gasteiger partial charge in [0.1, 0.15) is 12.6 Å². The minimum atomic E-state index is -1.09. The number of hydrogen-bond donors (Lipinski definition) is 1. The van der Waals surface area contributed by atoms with E-state index in [0.717, 1.165) is 12.0 Å². The van der Waals surface area contributed by atoms with Crippen molar-refractivity contribution in [2.24, 2.45) is 0 Å². The molecule has 2 heterocycles. The second kappa shape index (κ2) is 8.83. The summed E-state index contributed by atoms with van der Waals surface area (Å²) in [6.07, 6.45) is 2.15. The lowest BCUT2D eigenvalue weighted by Gasteiger charge is -2.21. The molecule has 27 heavy (non-hydrogen) atoms. The molecule has 0 saturated carbocycles. The largest absolute Gasteiger partial charge is 0.480 e. The Bertz CT molecular complexity index is 806. The molecule has 1 unspecified atom stereocenters. The molecule has 0 radical (unpaired) electrons. The first kappa shape index (κ1) is 19.1. The number of aliphatic carboxylic acids is 1. The van der Waals surface area contributed by atoms with Crippen LogP contribution in [-0.2, 0) is 16.1 Å². The van der Waals surface area contributed by atoms with Gasteiger partial charge in [-0.15, -0.1) is 0 Å². The average molecular weight is 391 g/mol. The van der Waals surface area contributed by atoms with Crippen LogP contribution < -0.4 is 4.74 Å². The molecule has 1 aromatic carbocycles. The van der Waals surface area contributed by atoms with Gasteiger partial charge in [-0.2, -0.15) is 0 Å². The maximum atomic E-state index is 12.9. The van der Waals surface area contributed by atoms with E-state index in [-0.39, 0.29) is 12.6 Å². The second-order valence-corrected chi connectivity index (χ2v) is 6.60. The number of halogens is 1. The van der Waals surface area contributed by atoms with Crippen molar-refractivity contribution in [1.29, 1.82) is 0 Å². The molecule has 0 aliphatic carbocycles. The van der Waals surface area contributed by atoms with Gasteiger partial charge in [-0.05, 0) is 23.8 Å². The molecule has 0 spiro atoms. The minimum Gasteiger partial charge on any atom is -0.480 e. The first-order chi connectivity index (χ1) is 13.0. The number of carboxylic acids is 1. The Morgan fingerprint density at radius 1 is 1.30 bits per heavy atom. The van der Waals surface area contributed by atoms with Crippen molar-refractivity contribution in [3.63, 3.8) is 0 Å². The van der Waals surface area contributed by atoms with Crippen molar-refractivity contribution in [2.75, 3.05) is 19.8 Å². The Labute approximate surface area is 161 Å². The third-order valence-electron chi connectivity index (χ3n) is 4.06. The van der Waals surface area contributed by atoms with Gasteiger partial charge in [-0.1, -0.05) is 23.7 Å². The third-order valence-corrected chi connectivity index (χ3v) is 4.31. The molecule has 1 amide bonds. The van der Waals surface area contributed by atoms with Gasteiger partial charge in [0.15, 0.2) is 0 Å². The number of benzene rings is 1. The van der Waals surface area contributed by atoms with Crippen LogP contribution in [0.25, 0.3) is 0 Å². The van der Waals surface area contributed by atoms with Gasteiger partial charge in [0.2, 0.25) is 5.88 Å². The first-order valence-corrected chi connectivity index (χ1v) is 8.85. The lowest BCUT2D eigenvalue weighted by molar-refractivity contribution is -0.137. The first-order valence-electron chi connectivity index (χ1n) is 8.47. The van der Waals surface area contributed by atoms with Crippen molar-refractivity contribution >= 4 is 23.5 Å². The number of carbonyl (C=O) groups is 2. The third kappa shape index (κ3) is 5.42. The van der Waals surface area contributed by atoms with Crippen molar-refractivity contribution in [1.82, 2.24) is 9.88 Å². The van der Waals surface area contributed by atoms with E-state index in [9.17, 15) is 14.7 Å². The molecule has 1 N–H and O–H groups in total. The maximum Gasteiger partial charge on any atom is 0.323 e. The molecule has 2 aromatic rings. The number of carbonyl (C=O) groups excluding carboxylic acids is 1. The Morgan fingerprint density at radius 3 is 2.74 bits per heavy atom. The van der Waals surface area contributed by atoms with Crippen LogP contribution in [0.1, 0.15) is 22.3 Å². The number of carboxylic acid groups (broad SMARTS) is 1. The number of rotatable bonds is 7. The van der Waals surface area contributed by atoms with Crippen LogP contribution in [0.15, 0.2) is 42.6 Å². The van der Waals surface area contributed by atoms with E-state index in [0.29, 0.717) is 29.7 Å². The fourth-order valence-electron chi connectivity index (χ4n) is 2.74. The predicted molar refractivity (Wildman–Crippen MR) is 97.9 cm³/mol. The number of hydrogen-bond acceptors (Lipinski definition) is 5. The lowest BCUT2D eigenvalue weighted by atomic mass is 10.1. The summed E-state index contributed by atoms with van der Waals surface area (Å²) in [5.74, 6) is -1.19. The highest BCUT2D eigenvalue weighted by atomic mass is 35.5. The van der Waals surface area contributed by atoms with Crippen molar-refractivity contribution in [2.45, 2.75) is 19.1 Å². The molecule has 142 valence electrons. The van der Waals surface area contributed by atoms with Crippen LogP contribution in [-0.4, -0.2) is 52.7 Å². The van der Waals surface area contributed by atoms with E-state index in [1.54, 1.807) is 24.3 Å². The second-order valence-electron chi connectivity index (χ2n) is 6.17. The molecule has 0 bridgehead atoms. The zero-order valence-corrected chi connectivity index (χ0v) is 15.3. The van der Waals surface area contributed by atoms with Gasteiger partial charge in [-0.3, -0.25) is 9.59 Å². The monoisotopic (exact) mass is 390 g/mol. The van der Waals surface area contributed by atoms with Crippen LogP contribution >= 0.6 is 11.6 Å². The molecule has 1 fully saturated rings. The molecule has 8 heteroatoms. The maximum absolute atomic E-state index is 12.9. The molecule has 1 aliphatic heterocycles. The average Bonchev–Trinajstić information content (AvgIpc) is 3.15. The van der Waals surface area contributed by atoms with Crippen LogP contribution in [0, 0.1) is 0 Å². The highest BCUT2D eigenvalue weighted by Gasteiger charge is 2.22. The van der Waals surface area contributed by atoms with Gasteiger partial charge in [0.25, 0.3) is 5.91 Å². The summed E-state index contributed by atoms with van der Waals surface area (Å²) in [5, 5.41) is 9.75. The number of nitrogens with zero attached hydrogens (tertiary/aromatic N) is 2. The highest BCUT2D eigenvalue weighted by Crippen LogP contribution is 2.18. The van der Waals surface area contributed by atoms with E-state index in [1.165, 1.54) is 23.2 Å². The van der Waals surface area contributed by atoms with Gasteiger partial charge in [0.05, 0.1) is 13.2 Å². The number of ether oxygens (including phenoxy) is 2. The summed E-state index contributed by atoms with van der Waals surface area (Å²) in [5.41, 5.74) is 1.09. The fraction of sp³-hybridized carbons (Fsp3) is 0.316. The molecule has 7 nitrogen and oxygen atoms in total. The zero-order chi connectivity index (χ0) is 19.2. The Morgan fingerprint density at radius 2 is 2.07 bits per heavy atom. The van der Waals surface area contributed by atoms with Crippen LogP contribution in [0.2, 0.25) is 5.02 Å². The quantitative estimate of drug-likeness (QED) is 0.781. The lowest BCUT2D eigenvalue weighted by Crippen LogP contribution is -2.35. The zero-order valence-electron chi connectivity index (χ0n) is 14.5. The summed E-state index contributed by atoms with van der Waals surface area (Å²) >= 11 is 5.87. The summed E-state index contributed by atoms with van der Waals surface area (Å²) in [7, 11) is 0. The molecular weight excluding hydrogens is 372 g/mol. The van der Waals surface area contributed by atoms with Crippen molar-refractivity contribution < 1.29 is 24.2 Å². The fourth-order valence-corrected chi connectivity index (χ4v) is 2.87. The molecule has 1 aliphatic rings. The summed E-state index contributed by atoms with van der Waals surface area (Å²) in [4.78, 5) is 29.5. The van der Waals surface area contributed by atoms with E-state index in [1.807, 2.05) is 0 Å². The topological polar surface area (TPSA) is 89.0 Å². The summed E-state index contributed by atoms with van der Waals surface area (Å²) in [6.45, 7) is 0.853. The normalized spacial score (nSPS) is 16.1. The number of aromatic nitrogens is 1. The number of pyridine rings is 1. The molecule has 1 aromatic heterocycles. The van der Waals surface area contributed by atoms with Gasteiger partial charge < -0.3 is 19.5 Å². The van der Waals surface area contributed by atoms with E-state index in [4.69, 9.17) is 21.1 Å². The predicted octanol–water partition coefficient (Wildman–Crippen LogP) is 2.63. The van der Waals surface area contributed by atoms with E-state index in [2.05, 4.69) is 4.98 Å². The van der Waals surface area contributed by atoms with Gasteiger partial charge >= 0.3 is 5.97 Å². The standard InChI is InChI=1S/C19H19ClN2O5/c20-15-3-1-13(2-4-15)10-22(11-18(23)24)19(25)14-5-7-21-17(9-14)27-16-6-8-26-12-16/h1-5,7,9,16H,6,8,10-12H2,(H,23,24). The minimum absolute atomic E-state index is 0.0907. The van der Waals surface area contributed by atoms with Crippen LogP contribution in [0.4, 0.5) is 0 Å². The Balaban J connectivity index is 1.76. The van der Waals surface area contributed by atoms with Crippen molar-refractivity contribution in [3.8, 4) is 5.88 Å². The molecule has 3 rings (SSSR count). The summed E-state index contributed by atoms with van der Waals surface area (Å²) in [6, 6.07) is 9.97. The smallest absolute Gasteiger partial charge is 0.323 e. The SMILES string of the molecule is O=C(O)CN(Cc1ccc(Cl)cc1)C(=O)c1ccnc(OC2CCOC2)c1. The highest BCUT2D eigenvalue weighted by molar-refractivity contribution is 6.30. The Hall–Kier alpha value is -2.64. The van der Waals surface area contributed by atoms with Crippen molar-refractivity contribution in [3.05, 3.63) is 58.7 Å². The molecule has 1 saturated heterocycles. The summed E-state index contributed by atoms with van der Waals surface area (Å²) < 4.78 is 11.0. The molecule has 1 atom stereocenters. The van der Waals surface area contributed by atoms with Crippen LogP contribution in [0.5, 0.6) is 5.88 Å².